The summed E-state index contributed by atoms with van der Waals surface area (Å²) in [5.74, 6) is 0.872. The van der Waals surface area contributed by atoms with Crippen LogP contribution in [0.5, 0.6) is 11.6 Å². The maximum Gasteiger partial charge on any atom is 0.243 e. The number of hydroxylamine groups is 1. The molecule has 0 aliphatic heterocycles. The van der Waals surface area contributed by atoms with Crippen LogP contribution < -0.4 is 15.0 Å². The first kappa shape index (κ1) is 20.5. The molecule has 3 rings (SSSR count). The highest BCUT2D eigenvalue weighted by molar-refractivity contribution is 5.91. The third-order valence-corrected chi connectivity index (χ3v) is 4.61. The van der Waals surface area contributed by atoms with E-state index in [0.717, 1.165) is 40.6 Å². The second-order valence-electron chi connectivity index (χ2n) is 6.61. The van der Waals surface area contributed by atoms with Gasteiger partial charge in [-0.15, -0.1) is 0 Å². The molecule has 152 valence electrons. The molecule has 0 saturated heterocycles. The fourth-order valence-electron chi connectivity index (χ4n) is 3.01. The number of methoxy groups -OCH3 is 1. The van der Waals surface area contributed by atoms with Gasteiger partial charge in [0.2, 0.25) is 11.8 Å². The second kappa shape index (κ2) is 9.79. The maximum absolute atomic E-state index is 11.0. The number of nitrogens with one attached hydrogen (secondary N) is 1. The van der Waals surface area contributed by atoms with Crippen molar-refractivity contribution in [3.05, 3.63) is 42.5 Å². The predicted molar refractivity (Wildman–Crippen MR) is 108 cm³/mol. The zero-order chi connectivity index (χ0) is 20.6. The summed E-state index contributed by atoms with van der Waals surface area (Å²) in [6.07, 6.45) is 5.89. The Morgan fingerprint density at radius 2 is 1.97 bits per heavy atom. The van der Waals surface area contributed by atoms with Gasteiger partial charge in [0.25, 0.3) is 0 Å². The van der Waals surface area contributed by atoms with Gasteiger partial charge in [0, 0.05) is 35.3 Å². The highest BCUT2D eigenvalue weighted by Gasteiger charge is 2.11. The van der Waals surface area contributed by atoms with Crippen molar-refractivity contribution in [1.29, 1.82) is 0 Å². The van der Waals surface area contributed by atoms with Crippen molar-refractivity contribution in [1.82, 2.24) is 20.4 Å². The molecule has 0 atom stereocenters. The molecule has 1 aromatic carbocycles. The molecule has 3 aromatic rings. The Hall–Kier alpha value is -3.26. The second-order valence-corrected chi connectivity index (χ2v) is 6.61. The molecule has 1 amide bonds. The van der Waals surface area contributed by atoms with Crippen LogP contribution in [-0.2, 0) is 4.79 Å². The van der Waals surface area contributed by atoms with Crippen LogP contribution in [0.4, 0.5) is 0 Å². The van der Waals surface area contributed by atoms with Crippen LogP contribution in [0.1, 0.15) is 31.4 Å². The van der Waals surface area contributed by atoms with Crippen LogP contribution in [0.2, 0.25) is 0 Å². The third-order valence-electron chi connectivity index (χ3n) is 4.61. The fraction of sp³-hybridized carbons (Fsp3) is 0.333. The summed E-state index contributed by atoms with van der Waals surface area (Å²) in [7, 11) is 1.58. The molecular formula is C21H24N4O4. The van der Waals surface area contributed by atoms with E-state index >= 15 is 0 Å². The number of hydrogen-bond donors (Lipinski definition) is 2. The highest BCUT2D eigenvalue weighted by atomic mass is 16.5. The number of ether oxygens (including phenoxy) is 2. The summed E-state index contributed by atoms with van der Waals surface area (Å²) in [6, 6.07) is 7.76. The Kier molecular flexibility index (Phi) is 6.91. The number of carbonyl (C=O) groups is 1. The number of fused-ring (bicyclic) bond motifs is 1. The van der Waals surface area contributed by atoms with Crippen molar-refractivity contribution in [2.75, 3.05) is 13.7 Å². The minimum absolute atomic E-state index is 0.297. The van der Waals surface area contributed by atoms with E-state index in [9.17, 15) is 4.79 Å². The van der Waals surface area contributed by atoms with Gasteiger partial charge >= 0.3 is 0 Å². The minimum Gasteiger partial charge on any atom is -0.491 e. The molecule has 8 nitrogen and oxygen atoms in total. The summed E-state index contributed by atoms with van der Waals surface area (Å²) in [4.78, 5) is 24.0. The number of benzene rings is 1. The molecule has 0 spiro atoms. The fourth-order valence-corrected chi connectivity index (χ4v) is 3.01. The molecule has 0 fully saturated rings. The van der Waals surface area contributed by atoms with Crippen LogP contribution in [0.15, 0.2) is 36.8 Å². The Morgan fingerprint density at radius 3 is 2.69 bits per heavy atom. The van der Waals surface area contributed by atoms with Crippen molar-refractivity contribution in [3.63, 3.8) is 0 Å². The van der Waals surface area contributed by atoms with Gasteiger partial charge in [-0.3, -0.25) is 10.0 Å². The molecule has 2 heterocycles. The summed E-state index contributed by atoms with van der Waals surface area (Å²) >= 11 is 0. The number of aromatic nitrogens is 3. The van der Waals surface area contributed by atoms with E-state index < -0.39 is 0 Å². The third kappa shape index (κ3) is 5.17. The monoisotopic (exact) mass is 396 g/mol. The number of aryl methyl sites for hydroxylation is 1. The van der Waals surface area contributed by atoms with E-state index in [1.54, 1.807) is 18.8 Å². The first-order chi connectivity index (χ1) is 14.1. The van der Waals surface area contributed by atoms with Gasteiger partial charge < -0.3 is 9.47 Å². The first-order valence-corrected chi connectivity index (χ1v) is 9.44. The van der Waals surface area contributed by atoms with Crippen LogP contribution in [0.3, 0.4) is 0 Å². The Morgan fingerprint density at radius 1 is 1.10 bits per heavy atom. The summed E-state index contributed by atoms with van der Waals surface area (Å²) in [5.41, 5.74) is 5.18. The summed E-state index contributed by atoms with van der Waals surface area (Å²) < 4.78 is 11.2. The van der Waals surface area contributed by atoms with Crippen molar-refractivity contribution in [2.45, 2.75) is 32.6 Å². The molecule has 29 heavy (non-hydrogen) atoms. The Labute approximate surface area is 168 Å². The number of carbonyl (C=O) groups excluding carboxylic acids is 1. The molecule has 0 bridgehead atoms. The number of hydrogen-bond acceptors (Lipinski definition) is 7. The van der Waals surface area contributed by atoms with Gasteiger partial charge in [-0.25, -0.2) is 20.4 Å². The van der Waals surface area contributed by atoms with Crippen LogP contribution in [0, 0.1) is 6.92 Å². The maximum atomic E-state index is 11.0. The van der Waals surface area contributed by atoms with E-state index in [0.29, 0.717) is 31.1 Å². The lowest BCUT2D eigenvalue weighted by Crippen LogP contribution is -2.17. The van der Waals surface area contributed by atoms with Gasteiger partial charge in [0.1, 0.15) is 17.6 Å². The number of rotatable bonds is 9. The number of pyridine rings is 1. The van der Waals surface area contributed by atoms with Crippen molar-refractivity contribution >= 4 is 16.8 Å². The minimum atomic E-state index is -0.370. The number of amides is 1. The molecule has 8 heteroatoms. The quantitative estimate of drug-likeness (QED) is 0.324. The average molecular weight is 396 g/mol. The smallest absolute Gasteiger partial charge is 0.243 e. The molecular weight excluding hydrogens is 372 g/mol. The molecule has 0 unspecified atom stereocenters. The lowest BCUT2D eigenvalue weighted by Gasteiger charge is -2.12. The zero-order valence-electron chi connectivity index (χ0n) is 16.5. The summed E-state index contributed by atoms with van der Waals surface area (Å²) in [6.45, 7) is 2.44. The Bertz CT molecular complexity index is 976. The molecule has 0 aliphatic carbocycles. The highest BCUT2D eigenvalue weighted by Crippen LogP contribution is 2.32. The van der Waals surface area contributed by atoms with Gasteiger partial charge in [-0.05, 0) is 49.9 Å². The molecule has 0 radical (unpaired) electrons. The van der Waals surface area contributed by atoms with E-state index in [2.05, 4.69) is 15.0 Å². The van der Waals surface area contributed by atoms with Crippen LogP contribution in [-0.4, -0.2) is 39.8 Å². The molecule has 2 N–H and O–H groups in total. The number of nitrogens with zero attached hydrogens (tertiary/aromatic N) is 3. The molecule has 0 aliphatic rings. The van der Waals surface area contributed by atoms with Gasteiger partial charge in [0.15, 0.2) is 0 Å². The Balaban J connectivity index is 1.78. The lowest BCUT2D eigenvalue weighted by molar-refractivity contribution is -0.129. The van der Waals surface area contributed by atoms with Crippen LogP contribution in [0.25, 0.3) is 22.0 Å². The standard InChI is InChI=1S/C21H24N4O4/c1-14-17-10-16(15-7-8-20(28-2)22-12-15)11-18(21(17)24-13-23-14)29-9-5-3-4-6-19(26)25-27/h7-8,10-13,27H,3-6,9H2,1-2H3,(H,25,26). The largest absolute Gasteiger partial charge is 0.491 e. The average Bonchev–Trinajstić information content (AvgIpc) is 2.76. The predicted octanol–water partition coefficient (Wildman–Crippen LogP) is 3.45. The van der Waals surface area contributed by atoms with Crippen molar-refractivity contribution < 1.29 is 19.5 Å². The summed E-state index contributed by atoms with van der Waals surface area (Å²) in [5, 5.41) is 9.44. The van der Waals surface area contributed by atoms with E-state index in [4.69, 9.17) is 14.7 Å². The van der Waals surface area contributed by atoms with Gasteiger partial charge in [0.05, 0.1) is 13.7 Å². The normalized spacial score (nSPS) is 10.7. The van der Waals surface area contributed by atoms with Crippen LogP contribution >= 0.6 is 0 Å². The molecule has 0 saturated carbocycles. The van der Waals surface area contributed by atoms with E-state index in [-0.39, 0.29) is 5.91 Å². The molecule has 2 aromatic heterocycles. The van der Waals surface area contributed by atoms with E-state index in [1.165, 1.54) is 6.33 Å². The SMILES string of the molecule is COc1ccc(-c2cc(OCCCCCC(=O)NO)c3ncnc(C)c3c2)cn1. The van der Waals surface area contributed by atoms with E-state index in [1.807, 2.05) is 31.2 Å². The van der Waals surface area contributed by atoms with Gasteiger partial charge in [-0.1, -0.05) is 0 Å². The lowest BCUT2D eigenvalue weighted by atomic mass is 10.0. The van der Waals surface area contributed by atoms with Gasteiger partial charge in [-0.2, -0.15) is 0 Å². The first-order valence-electron chi connectivity index (χ1n) is 9.44. The van der Waals surface area contributed by atoms with Crippen molar-refractivity contribution in [3.8, 4) is 22.8 Å². The number of unbranched alkanes of at least 4 members (excludes halogenated alkanes) is 2. The van der Waals surface area contributed by atoms with Crippen molar-refractivity contribution in [2.24, 2.45) is 0 Å². The topological polar surface area (TPSA) is 106 Å². The zero-order valence-corrected chi connectivity index (χ0v) is 16.5.